The zero-order valence-corrected chi connectivity index (χ0v) is 8.93. The number of halogens is 3. The molecule has 1 aliphatic rings. The minimum Gasteiger partial charge on any atom is -0.393 e. The highest BCUT2D eigenvalue weighted by atomic mass is 19.4. The second kappa shape index (κ2) is 5.16. The number of alkyl halides is 3. The fraction of sp³-hybridized carbons (Fsp3) is 1.00. The van der Waals surface area contributed by atoms with Crippen LogP contribution in [0.15, 0.2) is 0 Å². The summed E-state index contributed by atoms with van der Waals surface area (Å²) in [5.74, 6) is 0. The Morgan fingerprint density at radius 3 is 2.40 bits per heavy atom. The van der Waals surface area contributed by atoms with Gasteiger partial charge in [-0.15, -0.1) is 0 Å². The van der Waals surface area contributed by atoms with Crippen molar-refractivity contribution in [2.45, 2.75) is 50.9 Å². The lowest BCUT2D eigenvalue weighted by Gasteiger charge is -2.23. The molecule has 0 heterocycles. The van der Waals surface area contributed by atoms with Gasteiger partial charge in [-0.1, -0.05) is 0 Å². The molecule has 90 valence electrons. The largest absolute Gasteiger partial charge is 0.401 e. The van der Waals surface area contributed by atoms with Crippen LogP contribution in [0.3, 0.4) is 0 Å². The second-order valence-electron chi connectivity index (χ2n) is 4.31. The number of aliphatic hydroxyl groups excluding tert-OH is 1. The van der Waals surface area contributed by atoms with Crippen LogP contribution in [0, 0.1) is 0 Å². The molecule has 5 heteroatoms. The lowest BCUT2D eigenvalue weighted by molar-refractivity contribution is -0.147. The topological polar surface area (TPSA) is 23.5 Å². The molecule has 1 rings (SSSR count). The van der Waals surface area contributed by atoms with E-state index in [1.165, 1.54) is 4.90 Å². The molecule has 15 heavy (non-hydrogen) atoms. The van der Waals surface area contributed by atoms with Crippen molar-refractivity contribution in [3.8, 4) is 0 Å². The summed E-state index contributed by atoms with van der Waals surface area (Å²) in [4.78, 5) is 1.49. The van der Waals surface area contributed by atoms with E-state index in [0.29, 0.717) is 19.4 Å². The van der Waals surface area contributed by atoms with E-state index >= 15 is 0 Å². The number of hydrogen-bond donors (Lipinski definition) is 1. The van der Waals surface area contributed by atoms with Gasteiger partial charge in [-0.05, 0) is 39.2 Å². The van der Waals surface area contributed by atoms with Crippen LogP contribution in [0.5, 0.6) is 0 Å². The number of hydrogen-bond acceptors (Lipinski definition) is 2. The smallest absolute Gasteiger partial charge is 0.393 e. The molecule has 0 aliphatic heterocycles. The van der Waals surface area contributed by atoms with Crippen LogP contribution < -0.4 is 0 Å². The predicted octanol–water partition coefficient (Wildman–Crippen LogP) is 2.17. The zero-order valence-electron chi connectivity index (χ0n) is 8.93. The third-order valence-electron chi connectivity index (χ3n) is 2.51. The summed E-state index contributed by atoms with van der Waals surface area (Å²) < 4.78 is 36.6. The minimum atomic E-state index is -4.10. The first-order valence-electron chi connectivity index (χ1n) is 5.37. The van der Waals surface area contributed by atoms with Crippen molar-refractivity contribution in [3.05, 3.63) is 0 Å². The summed E-state index contributed by atoms with van der Waals surface area (Å²) in [6.07, 6.45) is -1.56. The van der Waals surface area contributed by atoms with Gasteiger partial charge in [-0.2, -0.15) is 13.2 Å². The Morgan fingerprint density at radius 1 is 1.40 bits per heavy atom. The van der Waals surface area contributed by atoms with Gasteiger partial charge < -0.3 is 5.11 Å². The van der Waals surface area contributed by atoms with Crippen LogP contribution in [0.2, 0.25) is 0 Å². The van der Waals surface area contributed by atoms with Crippen LogP contribution >= 0.6 is 0 Å². The van der Waals surface area contributed by atoms with Crippen molar-refractivity contribution >= 4 is 0 Å². The Balaban J connectivity index is 2.25. The summed E-state index contributed by atoms with van der Waals surface area (Å²) in [6.45, 7) is 1.29. The molecule has 0 amide bonds. The maximum Gasteiger partial charge on any atom is 0.401 e. The molecule has 1 atom stereocenters. The van der Waals surface area contributed by atoms with Crippen LogP contribution in [0.4, 0.5) is 13.2 Å². The quantitative estimate of drug-likeness (QED) is 0.749. The molecule has 1 saturated carbocycles. The molecule has 1 N–H and O–H groups in total. The second-order valence-corrected chi connectivity index (χ2v) is 4.31. The third-order valence-corrected chi connectivity index (χ3v) is 2.51. The molecule has 0 spiro atoms. The first-order valence-corrected chi connectivity index (χ1v) is 5.37. The highest BCUT2D eigenvalue weighted by molar-refractivity contribution is 4.85. The van der Waals surface area contributed by atoms with E-state index in [2.05, 4.69) is 0 Å². The molecular weight excluding hydrogens is 207 g/mol. The van der Waals surface area contributed by atoms with Crippen LogP contribution in [0.1, 0.15) is 32.6 Å². The Bertz CT molecular complexity index is 190. The van der Waals surface area contributed by atoms with Gasteiger partial charge in [0.2, 0.25) is 0 Å². The highest BCUT2D eigenvalue weighted by Gasteiger charge is 2.37. The van der Waals surface area contributed by atoms with E-state index in [1.807, 2.05) is 0 Å². The average Bonchev–Trinajstić information content (AvgIpc) is 2.81. The van der Waals surface area contributed by atoms with E-state index in [0.717, 1.165) is 12.8 Å². The van der Waals surface area contributed by atoms with E-state index in [9.17, 15) is 13.2 Å². The molecule has 0 saturated heterocycles. The third kappa shape index (κ3) is 5.99. The first kappa shape index (κ1) is 12.8. The van der Waals surface area contributed by atoms with Crippen molar-refractivity contribution in [2.24, 2.45) is 0 Å². The van der Waals surface area contributed by atoms with Gasteiger partial charge in [0.1, 0.15) is 0 Å². The normalized spacial score (nSPS) is 19.6. The van der Waals surface area contributed by atoms with Crippen molar-refractivity contribution in [2.75, 3.05) is 13.1 Å². The van der Waals surface area contributed by atoms with Crippen molar-refractivity contribution in [1.82, 2.24) is 4.90 Å². The summed E-state index contributed by atoms with van der Waals surface area (Å²) in [7, 11) is 0. The lowest BCUT2D eigenvalue weighted by atomic mass is 10.2. The molecule has 0 aromatic carbocycles. The van der Waals surface area contributed by atoms with Crippen LogP contribution in [-0.4, -0.2) is 41.4 Å². The molecule has 0 bridgehead atoms. The zero-order chi connectivity index (χ0) is 11.5. The number of rotatable bonds is 6. The van der Waals surface area contributed by atoms with Crippen LogP contribution in [-0.2, 0) is 0 Å². The Kier molecular flexibility index (Phi) is 4.40. The molecule has 1 unspecified atom stereocenters. The lowest BCUT2D eigenvalue weighted by Crippen LogP contribution is -2.36. The Morgan fingerprint density at radius 2 is 2.00 bits per heavy atom. The van der Waals surface area contributed by atoms with Gasteiger partial charge in [0, 0.05) is 6.04 Å². The molecule has 0 radical (unpaired) electrons. The van der Waals surface area contributed by atoms with Crippen molar-refractivity contribution in [1.29, 1.82) is 0 Å². The van der Waals surface area contributed by atoms with Gasteiger partial charge in [0.15, 0.2) is 0 Å². The fourth-order valence-electron chi connectivity index (χ4n) is 1.65. The Hall–Kier alpha value is -0.290. The molecule has 1 aliphatic carbocycles. The van der Waals surface area contributed by atoms with E-state index in [4.69, 9.17) is 5.11 Å². The van der Waals surface area contributed by atoms with Gasteiger partial charge in [-0.3, -0.25) is 4.90 Å². The van der Waals surface area contributed by atoms with E-state index < -0.39 is 18.8 Å². The Labute approximate surface area is 88.1 Å². The van der Waals surface area contributed by atoms with Gasteiger partial charge in [-0.25, -0.2) is 0 Å². The molecule has 1 fully saturated rings. The van der Waals surface area contributed by atoms with Gasteiger partial charge in [0.05, 0.1) is 12.6 Å². The summed E-state index contributed by atoms with van der Waals surface area (Å²) in [6, 6.07) is 0.126. The number of aliphatic hydroxyl groups is 1. The number of nitrogens with zero attached hydrogens (tertiary/aromatic N) is 1. The van der Waals surface area contributed by atoms with Gasteiger partial charge >= 0.3 is 6.18 Å². The molecule has 0 aromatic heterocycles. The fourth-order valence-corrected chi connectivity index (χ4v) is 1.65. The summed E-state index contributed by atoms with van der Waals surface area (Å²) >= 11 is 0. The maximum absolute atomic E-state index is 12.2. The van der Waals surface area contributed by atoms with E-state index in [-0.39, 0.29) is 6.04 Å². The summed E-state index contributed by atoms with van der Waals surface area (Å²) in [5, 5.41) is 9.01. The average molecular weight is 225 g/mol. The molecule has 0 aromatic rings. The maximum atomic E-state index is 12.2. The van der Waals surface area contributed by atoms with Crippen molar-refractivity contribution in [3.63, 3.8) is 0 Å². The monoisotopic (exact) mass is 225 g/mol. The van der Waals surface area contributed by atoms with Gasteiger partial charge in [0.25, 0.3) is 0 Å². The minimum absolute atomic E-state index is 0.126. The van der Waals surface area contributed by atoms with E-state index in [1.54, 1.807) is 6.92 Å². The molecular formula is C10H18F3NO. The molecule has 2 nitrogen and oxygen atoms in total. The highest BCUT2D eigenvalue weighted by Crippen LogP contribution is 2.30. The first-order chi connectivity index (χ1) is 6.88. The van der Waals surface area contributed by atoms with Crippen LogP contribution in [0.25, 0.3) is 0 Å². The standard InChI is InChI=1S/C10H18F3NO/c1-8(15)3-2-6-14(9-4-5-9)7-10(11,12)13/h8-9,15H,2-7H2,1H3. The summed E-state index contributed by atoms with van der Waals surface area (Å²) in [5.41, 5.74) is 0. The predicted molar refractivity (Wildman–Crippen MR) is 51.6 cm³/mol. The van der Waals surface area contributed by atoms with Crippen molar-refractivity contribution < 1.29 is 18.3 Å². The SMILES string of the molecule is CC(O)CCCN(CC(F)(F)F)C1CC1.